The lowest BCUT2D eigenvalue weighted by Crippen LogP contribution is -2.27. The summed E-state index contributed by atoms with van der Waals surface area (Å²) in [5, 5.41) is -0.308. The van der Waals surface area contributed by atoms with E-state index >= 15 is 0 Å². The maximum absolute atomic E-state index is 10.2. The highest BCUT2D eigenvalue weighted by atomic mass is 32.1. The highest BCUT2D eigenvalue weighted by Crippen LogP contribution is 2.00. The maximum atomic E-state index is 10.2. The van der Waals surface area contributed by atoms with Crippen LogP contribution in [-0.4, -0.2) is 20.0 Å². The van der Waals surface area contributed by atoms with Crippen molar-refractivity contribution in [2.45, 2.75) is 19.6 Å². The molecule has 0 bridgehead atoms. The molecule has 2 nitrogen and oxygen atoms in total. The minimum absolute atomic E-state index is 0.102. The van der Waals surface area contributed by atoms with Gasteiger partial charge in [0.2, 0.25) is 0 Å². The second kappa shape index (κ2) is 3.29. The lowest BCUT2D eigenvalue weighted by molar-refractivity contribution is -0.112. The van der Waals surface area contributed by atoms with Crippen LogP contribution in [0, 0.1) is 0 Å². The average molecular weight is 163 g/mol. The van der Waals surface area contributed by atoms with Gasteiger partial charge in [-0.25, -0.2) is 0 Å². The van der Waals surface area contributed by atoms with Crippen LogP contribution in [-0.2, 0) is 21.8 Å². The van der Waals surface area contributed by atoms with E-state index in [1.54, 1.807) is 0 Å². The van der Waals surface area contributed by atoms with Gasteiger partial charge in [-0.15, -0.1) is 0 Å². The summed E-state index contributed by atoms with van der Waals surface area (Å²) in [4.78, 5) is 10.2. The highest BCUT2D eigenvalue weighted by molar-refractivity contribution is 7.77. The van der Waals surface area contributed by atoms with Crippen LogP contribution >= 0.6 is 0 Å². The molecule has 0 saturated carbocycles. The topological polar surface area (TPSA) is 26.3 Å². The van der Waals surface area contributed by atoms with Gasteiger partial charge in [-0.1, -0.05) is 0 Å². The molecular formula is C5H11O2SSi-. The first-order valence-corrected chi connectivity index (χ1v) is 6.57. The van der Waals surface area contributed by atoms with Crippen LogP contribution in [0.4, 0.5) is 0 Å². The van der Waals surface area contributed by atoms with Crippen molar-refractivity contribution in [1.82, 2.24) is 0 Å². The fourth-order valence-electron chi connectivity index (χ4n) is 0.275. The molecule has 4 heteroatoms. The van der Waals surface area contributed by atoms with Crippen LogP contribution in [0.1, 0.15) is 0 Å². The summed E-state index contributed by atoms with van der Waals surface area (Å²) in [5.41, 5.74) is 0. The summed E-state index contributed by atoms with van der Waals surface area (Å²) >= 11 is 4.31. The Kier molecular flexibility index (Phi) is 3.31. The molecule has 0 amide bonds. The zero-order valence-electron chi connectivity index (χ0n) is 5.93. The smallest absolute Gasteiger partial charge is 0.184 e. The zero-order valence-corrected chi connectivity index (χ0v) is 7.75. The summed E-state index contributed by atoms with van der Waals surface area (Å²) < 4.78 is 5.18. The van der Waals surface area contributed by atoms with Gasteiger partial charge in [-0.3, -0.25) is 0 Å². The van der Waals surface area contributed by atoms with Gasteiger partial charge >= 0.3 is 0 Å². The molecule has 54 valence electrons. The van der Waals surface area contributed by atoms with Crippen LogP contribution in [0.25, 0.3) is 0 Å². The third-order valence-electron chi connectivity index (χ3n) is 0.623. The summed E-state index contributed by atoms with van der Waals surface area (Å²) in [5.74, 6) is 0. The molecule has 0 aromatic heterocycles. The van der Waals surface area contributed by atoms with Crippen LogP contribution < -0.4 is 0 Å². The Balaban J connectivity index is 3.39. The van der Waals surface area contributed by atoms with Crippen molar-refractivity contribution in [3.63, 3.8) is 0 Å². The first-order valence-electron chi connectivity index (χ1n) is 2.75. The minimum Gasteiger partial charge on any atom is -0.740 e. The van der Waals surface area contributed by atoms with Crippen LogP contribution in [0.5, 0.6) is 0 Å². The number of hydrogen-bond acceptors (Lipinski definition) is 3. The Hall–Kier alpha value is 0.0669. The van der Waals surface area contributed by atoms with Gasteiger partial charge in [0.25, 0.3) is 0 Å². The Morgan fingerprint density at radius 2 is 2.00 bits per heavy atom. The van der Waals surface area contributed by atoms with E-state index in [1.807, 2.05) is 19.6 Å². The van der Waals surface area contributed by atoms with Gasteiger partial charge in [0, 0.05) is 5.12 Å². The summed E-state index contributed by atoms with van der Waals surface area (Å²) in [6.45, 7) is 6.16. The molecule has 0 aliphatic carbocycles. The number of carbonyl (C=O) groups is 1. The van der Waals surface area contributed by atoms with E-state index in [0.29, 0.717) is 0 Å². The van der Waals surface area contributed by atoms with E-state index in [1.165, 1.54) is 0 Å². The van der Waals surface area contributed by atoms with Crippen molar-refractivity contribution >= 4 is 26.1 Å². The summed E-state index contributed by atoms with van der Waals surface area (Å²) in [6.07, 6.45) is 0. The number of hydrogen-bond donors (Lipinski definition) is 0. The Morgan fingerprint density at radius 1 is 1.56 bits per heavy atom. The molecule has 0 heterocycles. The normalized spacial score (nSPS) is 11.4. The van der Waals surface area contributed by atoms with E-state index in [2.05, 4.69) is 12.6 Å². The molecule has 0 saturated heterocycles. The lowest BCUT2D eigenvalue weighted by Gasteiger charge is -2.17. The van der Waals surface area contributed by atoms with Gasteiger partial charge in [-0.2, -0.15) is 0 Å². The molecule has 0 rings (SSSR count). The first kappa shape index (κ1) is 9.07. The molecule has 0 atom stereocenters. The van der Waals surface area contributed by atoms with Gasteiger partial charge in [0.05, 0.1) is 6.61 Å². The SMILES string of the molecule is C[Si](C)(C)OCC(=O)[S-]. The number of carbonyl (C=O) groups excluding carboxylic acids is 1. The molecule has 0 aromatic rings. The molecule has 0 spiro atoms. The highest BCUT2D eigenvalue weighted by Gasteiger charge is 2.12. The standard InChI is InChI=1S/C5H12O2SSi/c1-9(2,3)7-4-5(6)8/h4H2,1-3H3,(H,6,8)/p-1. The monoisotopic (exact) mass is 163 g/mol. The maximum Gasteiger partial charge on any atom is 0.184 e. The number of rotatable bonds is 3. The Labute approximate surface area is 62.1 Å². The van der Waals surface area contributed by atoms with Crippen LogP contribution in [0.3, 0.4) is 0 Å². The average Bonchev–Trinajstić information content (AvgIpc) is 1.59. The van der Waals surface area contributed by atoms with Gasteiger partial charge in [-0.05, 0) is 19.6 Å². The predicted molar refractivity (Wildman–Crippen MR) is 41.7 cm³/mol. The lowest BCUT2D eigenvalue weighted by atomic mass is 10.8. The van der Waals surface area contributed by atoms with Gasteiger partial charge < -0.3 is 21.8 Å². The molecule has 0 unspecified atom stereocenters. The van der Waals surface area contributed by atoms with E-state index in [0.717, 1.165) is 0 Å². The van der Waals surface area contributed by atoms with Crippen molar-refractivity contribution in [2.75, 3.05) is 6.61 Å². The van der Waals surface area contributed by atoms with E-state index in [-0.39, 0.29) is 11.7 Å². The van der Waals surface area contributed by atoms with Gasteiger partial charge in [0.1, 0.15) is 0 Å². The molecule has 0 N–H and O–H groups in total. The Morgan fingerprint density at radius 3 is 2.11 bits per heavy atom. The largest absolute Gasteiger partial charge is 0.740 e. The van der Waals surface area contributed by atoms with Crippen molar-refractivity contribution in [3.05, 3.63) is 0 Å². The fraction of sp³-hybridized carbons (Fsp3) is 0.800. The molecule has 0 fully saturated rings. The van der Waals surface area contributed by atoms with Crippen molar-refractivity contribution in [3.8, 4) is 0 Å². The second-order valence-corrected chi connectivity index (χ2v) is 7.74. The van der Waals surface area contributed by atoms with E-state index in [4.69, 9.17) is 4.43 Å². The van der Waals surface area contributed by atoms with Crippen LogP contribution in [0.2, 0.25) is 19.6 Å². The van der Waals surface area contributed by atoms with Crippen molar-refractivity contribution < 1.29 is 9.22 Å². The fourth-order valence-corrected chi connectivity index (χ4v) is 1.00. The minimum atomic E-state index is -1.51. The third kappa shape index (κ3) is 8.07. The first-order chi connectivity index (χ1) is 3.92. The van der Waals surface area contributed by atoms with Gasteiger partial charge in [0.15, 0.2) is 8.32 Å². The van der Waals surface area contributed by atoms with Crippen molar-refractivity contribution in [2.24, 2.45) is 0 Å². The summed E-state index contributed by atoms with van der Waals surface area (Å²) in [7, 11) is -1.51. The second-order valence-electron chi connectivity index (χ2n) is 2.77. The molecule has 0 aliphatic rings. The molecule has 0 aromatic carbocycles. The third-order valence-corrected chi connectivity index (χ3v) is 1.75. The quantitative estimate of drug-likeness (QED) is 0.457. The predicted octanol–water partition coefficient (Wildman–Crippen LogP) is 0.911. The molecular weight excluding hydrogens is 152 g/mol. The molecule has 9 heavy (non-hydrogen) atoms. The Bertz CT molecular complexity index is 108. The molecule has 0 radical (unpaired) electrons. The van der Waals surface area contributed by atoms with E-state index in [9.17, 15) is 4.79 Å². The molecule has 0 aliphatic heterocycles. The van der Waals surface area contributed by atoms with E-state index < -0.39 is 8.32 Å². The summed E-state index contributed by atoms with van der Waals surface area (Å²) in [6, 6.07) is 0. The van der Waals surface area contributed by atoms with Crippen molar-refractivity contribution in [1.29, 1.82) is 0 Å². The van der Waals surface area contributed by atoms with Crippen LogP contribution in [0.15, 0.2) is 0 Å². The zero-order chi connectivity index (χ0) is 7.49.